The maximum atomic E-state index is 12.0. The molecule has 5 nitrogen and oxygen atoms in total. The van der Waals surface area contributed by atoms with Gasteiger partial charge in [-0.1, -0.05) is 23.2 Å². The topological polar surface area (TPSA) is 80.9 Å². The average Bonchev–Trinajstić information content (AvgIpc) is 2.43. The molecule has 1 aromatic carbocycles. The predicted octanol–water partition coefficient (Wildman–Crippen LogP) is 2.60. The summed E-state index contributed by atoms with van der Waals surface area (Å²) >= 11 is 11.8. The number of carbonyl (C=O) groups excluding carboxylic acids is 1. The van der Waals surface area contributed by atoms with Gasteiger partial charge >= 0.3 is 0 Å². The van der Waals surface area contributed by atoms with Crippen LogP contribution in [0.2, 0.25) is 10.0 Å². The van der Waals surface area contributed by atoms with Crippen LogP contribution >= 0.6 is 23.2 Å². The maximum Gasteiger partial charge on any atom is 0.251 e. The SMILES string of the molecule is Cc1cnc(CNC(=O)c2cc(Cl)c(N)c(Cl)c2)cn1. The fraction of sp³-hybridized carbons (Fsp3) is 0.154. The number of nitrogen functional groups attached to an aromatic ring is 1. The molecule has 0 fully saturated rings. The fourth-order valence-corrected chi connectivity index (χ4v) is 1.99. The molecule has 0 aliphatic heterocycles. The number of anilines is 1. The summed E-state index contributed by atoms with van der Waals surface area (Å²) in [6.07, 6.45) is 3.25. The molecule has 0 spiro atoms. The first-order valence-electron chi connectivity index (χ1n) is 5.77. The number of hydrogen-bond acceptors (Lipinski definition) is 4. The van der Waals surface area contributed by atoms with Crippen molar-refractivity contribution >= 4 is 34.8 Å². The van der Waals surface area contributed by atoms with E-state index >= 15 is 0 Å². The van der Waals surface area contributed by atoms with Gasteiger partial charge in [0.15, 0.2) is 0 Å². The van der Waals surface area contributed by atoms with Gasteiger partial charge in [-0.05, 0) is 19.1 Å². The zero-order chi connectivity index (χ0) is 14.7. The number of aryl methyl sites for hydroxylation is 1. The Morgan fingerprint density at radius 1 is 1.25 bits per heavy atom. The second kappa shape index (κ2) is 6.07. The van der Waals surface area contributed by atoms with Gasteiger partial charge in [-0.3, -0.25) is 14.8 Å². The lowest BCUT2D eigenvalue weighted by Crippen LogP contribution is -2.23. The van der Waals surface area contributed by atoms with Crippen LogP contribution in [0.4, 0.5) is 5.69 Å². The van der Waals surface area contributed by atoms with Crippen LogP contribution in [0.15, 0.2) is 24.5 Å². The lowest BCUT2D eigenvalue weighted by molar-refractivity contribution is 0.0950. The van der Waals surface area contributed by atoms with Gasteiger partial charge < -0.3 is 11.1 Å². The Morgan fingerprint density at radius 2 is 1.90 bits per heavy atom. The Hall–Kier alpha value is -1.85. The van der Waals surface area contributed by atoms with Crippen molar-refractivity contribution in [3.63, 3.8) is 0 Å². The van der Waals surface area contributed by atoms with E-state index in [2.05, 4.69) is 15.3 Å². The molecule has 0 aliphatic rings. The fourth-order valence-electron chi connectivity index (χ4n) is 1.50. The summed E-state index contributed by atoms with van der Waals surface area (Å²) in [5.74, 6) is -0.309. The second-order valence-electron chi connectivity index (χ2n) is 4.19. The first-order valence-corrected chi connectivity index (χ1v) is 6.53. The van der Waals surface area contributed by atoms with Gasteiger partial charge in [0.05, 0.1) is 39.9 Å². The quantitative estimate of drug-likeness (QED) is 0.854. The number of hydrogen-bond donors (Lipinski definition) is 2. The molecule has 3 N–H and O–H groups in total. The van der Waals surface area contributed by atoms with Crippen molar-refractivity contribution < 1.29 is 4.79 Å². The Bertz CT molecular complexity index is 620. The molecule has 7 heteroatoms. The smallest absolute Gasteiger partial charge is 0.251 e. The zero-order valence-corrected chi connectivity index (χ0v) is 12.2. The number of amides is 1. The van der Waals surface area contributed by atoms with E-state index in [1.54, 1.807) is 12.4 Å². The van der Waals surface area contributed by atoms with E-state index in [0.717, 1.165) is 5.69 Å². The molecule has 0 saturated carbocycles. The predicted molar refractivity (Wildman–Crippen MR) is 78.8 cm³/mol. The summed E-state index contributed by atoms with van der Waals surface area (Å²) < 4.78 is 0. The van der Waals surface area contributed by atoms with Crippen molar-refractivity contribution in [2.75, 3.05) is 5.73 Å². The molecule has 0 unspecified atom stereocenters. The lowest BCUT2D eigenvalue weighted by Gasteiger charge is -2.07. The highest BCUT2D eigenvalue weighted by molar-refractivity contribution is 6.39. The minimum absolute atomic E-state index is 0.248. The summed E-state index contributed by atoms with van der Waals surface area (Å²) in [5, 5.41) is 3.20. The van der Waals surface area contributed by atoms with Gasteiger partial charge in [-0.25, -0.2) is 0 Å². The third kappa shape index (κ3) is 3.37. The van der Waals surface area contributed by atoms with E-state index in [1.807, 2.05) is 6.92 Å². The van der Waals surface area contributed by atoms with Crippen LogP contribution in [0.1, 0.15) is 21.7 Å². The van der Waals surface area contributed by atoms with Crippen LogP contribution in [-0.4, -0.2) is 15.9 Å². The molecule has 0 radical (unpaired) electrons. The van der Waals surface area contributed by atoms with E-state index in [4.69, 9.17) is 28.9 Å². The standard InChI is InChI=1S/C13H12Cl2N4O/c1-7-4-18-9(5-17-7)6-19-13(20)8-2-10(14)12(16)11(15)3-8/h2-5H,6,16H2,1H3,(H,19,20). The summed E-state index contributed by atoms with van der Waals surface area (Å²) in [4.78, 5) is 20.2. The normalized spacial score (nSPS) is 10.3. The number of halogens is 2. The Kier molecular flexibility index (Phi) is 4.42. The number of nitrogens with one attached hydrogen (secondary N) is 1. The first-order chi connectivity index (χ1) is 9.47. The number of aromatic nitrogens is 2. The molecule has 1 heterocycles. The van der Waals surface area contributed by atoms with Crippen LogP contribution in [0, 0.1) is 6.92 Å². The van der Waals surface area contributed by atoms with Gasteiger partial charge in [-0.15, -0.1) is 0 Å². The average molecular weight is 311 g/mol. The van der Waals surface area contributed by atoms with Crippen LogP contribution in [-0.2, 0) is 6.54 Å². The largest absolute Gasteiger partial charge is 0.396 e. The van der Waals surface area contributed by atoms with Gasteiger partial charge in [0.25, 0.3) is 5.91 Å². The van der Waals surface area contributed by atoms with E-state index in [-0.39, 0.29) is 28.2 Å². The number of nitrogens with two attached hydrogens (primary N) is 1. The summed E-state index contributed by atoms with van der Waals surface area (Å²) in [7, 11) is 0. The first kappa shape index (κ1) is 14.6. The second-order valence-corrected chi connectivity index (χ2v) is 5.00. The highest BCUT2D eigenvalue weighted by Gasteiger charge is 2.11. The van der Waals surface area contributed by atoms with E-state index in [9.17, 15) is 4.79 Å². The Balaban J connectivity index is 2.07. The van der Waals surface area contributed by atoms with Crippen LogP contribution < -0.4 is 11.1 Å². The van der Waals surface area contributed by atoms with E-state index in [1.165, 1.54) is 12.1 Å². The van der Waals surface area contributed by atoms with E-state index < -0.39 is 0 Å². The molecule has 0 atom stereocenters. The number of benzene rings is 1. The Labute approximate surface area is 126 Å². The molecule has 2 aromatic rings. The third-order valence-corrected chi connectivity index (χ3v) is 3.23. The van der Waals surface area contributed by atoms with Crippen LogP contribution in [0.5, 0.6) is 0 Å². The van der Waals surface area contributed by atoms with Crippen LogP contribution in [0.25, 0.3) is 0 Å². The van der Waals surface area contributed by atoms with E-state index in [0.29, 0.717) is 11.3 Å². The molecule has 0 aliphatic carbocycles. The monoisotopic (exact) mass is 310 g/mol. The highest BCUT2D eigenvalue weighted by Crippen LogP contribution is 2.28. The van der Waals surface area contributed by atoms with Crippen molar-refractivity contribution in [1.29, 1.82) is 0 Å². The van der Waals surface area contributed by atoms with Crippen molar-refractivity contribution in [2.24, 2.45) is 0 Å². The van der Waals surface area contributed by atoms with Crippen molar-refractivity contribution in [3.8, 4) is 0 Å². The molecule has 104 valence electrons. The van der Waals surface area contributed by atoms with Crippen LogP contribution in [0.3, 0.4) is 0 Å². The zero-order valence-electron chi connectivity index (χ0n) is 10.7. The van der Waals surface area contributed by atoms with Crippen molar-refractivity contribution in [3.05, 3.63) is 51.5 Å². The maximum absolute atomic E-state index is 12.0. The summed E-state index contributed by atoms with van der Waals surface area (Å²) in [6.45, 7) is 2.11. The van der Waals surface area contributed by atoms with Gasteiger partial charge in [0.1, 0.15) is 0 Å². The van der Waals surface area contributed by atoms with Gasteiger partial charge in [0.2, 0.25) is 0 Å². The molecular weight excluding hydrogens is 299 g/mol. The lowest BCUT2D eigenvalue weighted by atomic mass is 10.2. The molecule has 0 bridgehead atoms. The number of nitrogens with zero attached hydrogens (tertiary/aromatic N) is 2. The minimum Gasteiger partial charge on any atom is -0.396 e. The molecule has 0 saturated heterocycles. The van der Waals surface area contributed by atoms with Crippen molar-refractivity contribution in [1.82, 2.24) is 15.3 Å². The number of rotatable bonds is 3. The summed E-state index contributed by atoms with van der Waals surface area (Å²) in [5.41, 5.74) is 7.70. The number of carbonyl (C=O) groups is 1. The molecule has 2 rings (SSSR count). The van der Waals surface area contributed by atoms with Gasteiger partial charge in [0, 0.05) is 11.8 Å². The summed E-state index contributed by atoms with van der Waals surface area (Å²) in [6, 6.07) is 2.94. The molecule has 1 amide bonds. The third-order valence-electron chi connectivity index (χ3n) is 2.61. The molecular formula is C13H12Cl2N4O. The van der Waals surface area contributed by atoms with Gasteiger partial charge in [-0.2, -0.15) is 0 Å². The highest BCUT2D eigenvalue weighted by atomic mass is 35.5. The molecule has 20 heavy (non-hydrogen) atoms. The minimum atomic E-state index is -0.309. The molecule has 1 aromatic heterocycles. The van der Waals surface area contributed by atoms with Crippen molar-refractivity contribution in [2.45, 2.75) is 13.5 Å². The Morgan fingerprint density at radius 3 is 2.45 bits per heavy atom.